The Morgan fingerprint density at radius 1 is 1.40 bits per heavy atom. The summed E-state index contributed by atoms with van der Waals surface area (Å²) in [6.07, 6.45) is 4.00. The van der Waals surface area contributed by atoms with Gasteiger partial charge >= 0.3 is 6.03 Å². The molecule has 7 heteroatoms. The lowest BCUT2D eigenvalue weighted by molar-refractivity contribution is -0.122. The zero-order valence-electron chi connectivity index (χ0n) is 14.5. The topological polar surface area (TPSA) is 67.9 Å². The minimum Gasteiger partial charge on any atom is -0.493 e. The van der Waals surface area contributed by atoms with Gasteiger partial charge in [0, 0.05) is 6.54 Å². The van der Waals surface area contributed by atoms with Crippen LogP contribution in [0.5, 0.6) is 11.5 Å². The third-order valence-electron chi connectivity index (χ3n) is 3.73. The van der Waals surface area contributed by atoms with Gasteiger partial charge in [-0.1, -0.05) is 13.0 Å². The molecule has 1 aromatic carbocycles. The fourth-order valence-electron chi connectivity index (χ4n) is 2.26. The highest BCUT2D eigenvalue weighted by molar-refractivity contribution is 9.10. The monoisotopic (exact) mass is 408 g/mol. The van der Waals surface area contributed by atoms with E-state index < -0.39 is 6.03 Å². The van der Waals surface area contributed by atoms with Crippen LogP contribution in [0.4, 0.5) is 4.79 Å². The predicted octanol–water partition coefficient (Wildman–Crippen LogP) is 3.71. The number of halogens is 1. The second-order valence-electron chi connectivity index (χ2n) is 5.56. The molecule has 2 rings (SSSR count). The van der Waals surface area contributed by atoms with Crippen LogP contribution in [0.3, 0.4) is 0 Å². The normalized spacial score (nSPS) is 16.8. The van der Waals surface area contributed by atoms with E-state index in [0.29, 0.717) is 21.5 Å². The number of urea groups is 1. The summed E-state index contributed by atoms with van der Waals surface area (Å²) >= 11 is 3.48. The molecule has 0 bridgehead atoms. The van der Waals surface area contributed by atoms with E-state index in [-0.39, 0.29) is 24.3 Å². The molecule has 1 aromatic rings. The van der Waals surface area contributed by atoms with Gasteiger partial charge in [0.2, 0.25) is 0 Å². The van der Waals surface area contributed by atoms with Crippen molar-refractivity contribution in [3.8, 4) is 11.5 Å². The molecule has 1 saturated heterocycles. The molecule has 0 radical (unpaired) electrons. The molecule has 1 aliphatic heterocycles. The Bertz CT molecular complexity index is 730. The highest BCUT2D eigenvalue weighted by Gasteiger charge is 2.32. The van der Waals surface area contributed by atoms with Gasteiger partial charge in [-0.25, -0.2) is 4.79 Å². The fraction of sp³-hybridized carbons (Fsp3) is 0.333. The first-order chi connectivity index (χ1) is 11.9. The maximum atomic E-state index is 12.3. The number of ether oxygens (including phenoxy) is 2. The molecule has 25 heavy (non-hydrogen) atoms. The largest absolute Gasteiger partial charge is 0.493 e. The molecule has 1 fully saturated rings. The lowest BCUT2D eigenvalue weighted by Gasteiger charge is -2.17. The number of carbonyl (C=O) groups excluding carboxylic acids is 2. The molecule has 6 nitrogen and oxygen atoms in total. The van der Waals surface area contributed by atoms with E-state index in [1.165, 1.54) is 6.08 Å². The fourth-order valence-corrected chi connectivity index (χ4v) is 2.81. The number of amides is 3. The number of rotatable bonds is 7. The number of nitrogens with zero attached hydrogens (tertiary/aromatic N) is 1. The van der Waals surface area contributed by atoms with Gasteiger partial charge in [-0.3, -0.25) is 9.69 Å². The molecule has 134 valence electrons. The Labute approximate surface area is 155 Å². The van der Waals surface area contributed by atoms with Crippen molar-refractivity contribution < 1.29 is 19.1 Å². The van der Waals surface area contributed by atoms with Crippen molar-refractivity contribution in [2.75, 3.05) is 13.7 Å². The van der Waals surface area contributed by atoms with E-state index in [2.05, 4.69) is 27.8 Å². The Morgan fingerprint density at radius 3 is 2.72 bits per heavy atom. The van der Waals surface area contributed by atoms with Gasteiger partial charge in [-0.2, -0.15) is 0 Å². The zero-order chi connectivity index (χ0) is 18.6. The van der Waals surface area contributed by atoms with Crippen LogP contribution in [0.25, 0.3) is 6.08 Å². The number of hydrogen-bond donors (Lipinski definition) is 1. The molecule has 3 amide bonds. The Kier molecular flexibility index (Phi) is 6.25. The average molecular weight is 409 g/mol. The van der Waals surface area contributed by atoms with Crippen LogP contribution in [-0.4, -0.2) is 36.6 Å². The Balaban J connectivity index is 2.35. The van der Waals surface area contributed by atoms with E-state index in [1.54, 1.807) is 19.3 Å². The molecule has 1 N–H and O–H groups in total. The van der Waals surface area contributed by atoms with Crippen LogP contribution in [0, 0.1) is 0 Å². The molecule has 0 aromatic heterocycles. The van der Waals surface area contributed by atoms with Gasteiger partial charge in [0.25, 0.3) is 5.91 Å². The second-order valence-corrected chi connectivity index (χ2v) is 6.42. The van der Waals surface area contributed by atoms with E-state index >= 15 is 0 Å². The minimum absolute atomic E-state index is 0.0394. The van der Waals surface area contributed by atoms with E-state index in [1.807, 2.05) is 19.9 Å². The van der Waals surface area contributed by atoms with Gasteiger partial charge < -0.3 is 14.8 Å². The summed E-state index contributed by atoms with van der Waals surface area (Å²) in [5.41, 5.74) is 0.903. The van der Waals surface area contributed by atoms with E-state index in [4.69, 9.17) is 9.47 Å². The molecule has 0 saturated carbocycles. The third kappa shape index (κ3) is 4.22. The van der Waals surface area contributed by atoms with Gasteiger partial charge in [0.05, 0.1) is 17.7 Å². The van der Waals surface area contributed by atoms with Crippen molar-refractivity contribution in [3.05, 3.63) is 40.5 Å². The van der Waals surface area contributed by atoms with Crippen molar-refractivity contribution in [3.63, 3.8) is 0 Å². The van der Waals surface area contributed by atoms with Gasteiger partial charge in [0.15, 0.2) is 11.5 Å². The minimum atomic E-state index is -0.459. The highest BCUT2D eigenvalue weighted by atomic mass is 79.9. The molecule has 0 spiro atoms. The molecule has 1 aliphatic rings. The lowest BCUT2D eigenvalue weighted by Crippen LogP contribution is -2.30. The number of methoxy groups -OCH3 is 1. The van der Waals surface area contributed by atoms with E-state index in [9.17, 15) is 9.59 Å². The Morgan fingerprint density at radius 2 is 2.12 bits per heavy atom. The molecule has 1 heterocycles. The van der Waals surface area contributed by atoms with Gasteiger partial charge in [-0.15, -0.1) is 6.58 Å². The highest BCUT2D eigenvalue weighted by Crippen LogP contribution is 2.38. The summed E-state index contributed by atoms with van der Waals surface area (Å²) in [7, 11) is 1.55. The molecular formula is C18H21BrN2O4. The van der Waals surface area contributed by atoms with Crippen molar-refractivity contribution in [1.82, 2.24) is 10.2 Å². The molecule has 0 unspecified atom stereocenters. The van der Waals surface area contributed by atoms with Crippen molar-refractivity contribution in [2.24, 2.45) is 0 Å². The van der Waals surface area contributed by atoms with Crippen molar-refractivity contribution >= 4 is 33.9 Å². The van der Waals surface area contributed by atoms with Gasteiger partial charge in [0.1, 0.15) is 5.70 Å². The molecular weight excluding hydrogens is 388 g/mol. The summed E-state index contributed by atoms with van der Waals surface area (Å²) in [4.78, 5) is 25.2. The number of nitrogens with one attached hydrogen (secondary N) is 1. The Hall–Kier alpha value is -2.28. The van der Waals surface area contributed by atoms with Crippen LogP contribution in [0.15, 0.2) is 35.0 Å². The third-order valence-corrected chi connectivity index (χ3v) is 4.32. The van der Waals surface area contributed by atoms with Crippen molar-refractivity contribution in [1.29, 1.82) is 0 Å². The quantitative estimate of drug-likeness (QED) is 0.424. The van der Waals surface area contributed by atoms with Gasteiger partial charge in [-0.05, 0) is 53.0 Å². The summed E-state index contributed by atoms with van der Waals surface area (Å²) in [5, 5.41) is 2.56. The number of carbonyl (C=O) groups is 2. The predicted molar refractivity (Wildman–Crippen MR) is 99.5 cm³/mol. The summed E-state index contributed by atoms with van der Waals surface area (Å²) < 4.78 is 12.0. The molecule has 1 atom stereocenters. The summed E-state index contributed by atoms with van der Waals surface area (Å²) in [6, 6.07) is 3.10. The standard InChI is InChI=1S/C18H21BrN2O4/c1-5-7-21-17(22)14(20-18(21)23)9-12-8-13(19)16(15(10-12)24-4)25-11(3)6-2/h5,8-11H,1,6-7H2,2-4H3,(H,20,23)/b14-9+/t11-/m1/s1. The van der Waals surface area contributed by atoms with Crippen LogP contribution in [0.2, 0.25) is 0 Å². The van der Waals surface area contributed by atoms with Crippen LogP contribution in [-0.2, 0) is 4.79 Å². The smallest absolute Gasteiger partial charge is 0.329 e. The number of imide groups is 1. The summed E-state index contributed by atoms with van der Waals surface area (Å²) in [5.74, 6) is 0.759. The van der Waals surface area contributed by atoms with Crippen LogP contribution in [0.1, 0.15) is 25.8 Å². The summed E-state index contributed by atoms with van der Waals surface area (Å²) in [6.45, 7) is 7.72. The maximum Gasteiger partial charge on any atom is 0.329 e. The van der Waals surface area contributed by atoms with Crippen molar-refractivity contribution in [2.45, 2.75) is 26.4 Å². The zero-order valence-corrected chi connectivity index (χ0v) is 16.1. The maximum absolute atomic E-state index is 12.3. The average Bonchev–Trinajstić information content (AvgIpc) is 2.84. The first kappa shape index (κ1) is 19.1. The first-order valence-electron chi connectivity index (χ1n) is 7.90. The number of benzene rings is 1. The lowest BCUT2D eigenvalue weighted by atomic mass is 10.1. The molecule has 0 aliphatic carbocycles. The first-order valence-corrected chi connectivity index (χ1v) is 8.70. The number of hydrogen-bond acceptors (Lipinski definition) is 4. The SMILES string of the molecule is C=CCN1C(=O)N/C(=C/c2cc(Br)c(O[C@H](C)CC)c(OC)c2)C1=O. The van der Waals surface area contributed by atoms with Crippen LogP contribution < -0.4 is 14.8 Å². The van der Waals surface area contributed by atoms with E-state index in [0.717, 1.165) is 11.3 Å². The van der Waals surface area contributed by atoms with Crippen LogP contribution >= 0.6 is 15.9 Å². The second kappa shape index (κ2) is 8.20.